The van der Waals surface area contributed by atoms with Crippen LogP contribution in [0.1, 0.15) is 25.7 Å². The largest absolute Gasteiger partial charge is 0.493 e. The first-order valence-corrected chi connectivity index (χ1v) is 6.57. The third kappa shape index (κ3) is 3.25. The summed E-state index contributed by atoms with van der Waals surface area (Å²) in [6.45, 7) is 0.418. The molecule has 0 bridgehead atoms. The minimum atomic E-state index is -0.141. The molecule has 0 aliphatic heterocycles. The molecule has 3 heteroatoms. The van der Waals surface area contributed by atoms with Crippen LogP contribution in [0.4, 0.5) is 0 Å². The molecule has 1 saturated carbocycles. The van der Waals surface area contributed by atoms with E-state index in [1.54, 1.807) is 0 Å². The Morgan fingerprint density at radius 3 is 2.56 bits per heavy atom. The molecule has 18 heavy (non-hydrogen) atoms. The number of hydrogen-bond acceptors (Lipinski definition) is 3. The van der Waals surface area contributed by atoms with Crippen LogP contribution in [0.25, 0.3) is 0 Å². The standard InChI is InChI=1S/C15H20O3/c1-17-15(16)14(12-7-5-6-8-12)11-18-13-9-3-2-4-10-13/h2-4,9-10,12,14H,5-8,11H2,1H3. The molecular weight excluding hydrogens is 228 g/mol. The normalized spacial score (nSPS) is 17.4. The van der Waals surface area contributed by atoms with E-state index < -0.39 is 0 Å². The van der Waals surface area contributed by atoms with Crippen LogP contribution in [0.3, 0.4) is 0 Å². The average Bonchev–Trinajstić information content (AvgIpc) is 2.94. The van der Waals surface area contributed by atoms with Gasteiger partial charge in [0, 0.05) is 0 Å². The van der Waals surface area contributed by atoms with Crippen LogP contribution in [0.2, 0.25) is 0 Å². The van der Waals surface area contributed by atoms with Crippen molar-refractivity contribution in [3.63, 3.8) is 0 Å². The minimum absolute atomic E-state index is 0.127. The van der Waals surface area contributed by atoms with Crippen LogP contribution < -0.4 is 4.74 Å². The number of carbonyl (C=O) groups excluding carboxylic acids is 1. The summed E-state index contributed by atoms with van der Waals surface area (Å²) in [7, 11) is 1.45. The van der Waals surface area contributed by atoms with Gasteiger partial charge in [0.05, 0.1) is 13.0 Å². The second-order valence-electron chi connectivity index (χ2n) is 4.80. The molecule has 1 unspecified atom stereocenters. The Balaban J connectivity index is 1.94. The zero-order chi connectivity index (χ0) is 12.8. The highest BCUT2D eigenvalue weighted by molar-refractivity contribution is 5.72. The summed E-state index contributed by atoms with van der Waals surface area (Å²) in [4.78, 5) is 11.8. The Morgan fingerprint density at radius 2 is 1.94 bits per heavy atom. The predicted molar refractivity (Wildman–Crippen MR) is 69.4 cm³/mol. The lowest BCUT2D eigenvalue weighted by molar-refractivity contribution is -0.148. The minimum Gasteiger partial charge on any atom is -0.493 e. The average molecular weight is 248 g/mol. The zero-order valence-corrected chi connectivity index (χ0v) is 10.8. The van der Waals surface area contributed by atoms with Crippen molar-refractivity contribution < 1.29 is 14.3 Å². The SMILES string of the molecule is COC(=O)C(COc1ccccc1)C1CCCC1. The Bertz CT molecular complexity index is 369. The monoisotopic (exact) mass is 248 g/mol. The van der Waals surface area contributed by atoms with Gasteiger partial charge in [0.2, 0.25) is 0 Å². The molecule has 0 saturated heterocycles. The van der Waals surface area contributed by atoms with E-state index in [0.717, 1.165) is 18.6 Å². The van der Waals surface area contributed by atoms with Gasteiger partial charge in [-0.2, -0.15) is 0 Å². The summed E-state index contributed by atoms with van der Waals surface area (Å²) in [6.07, 6.45) is 4.64. The molecule has 0 spiro atoms. The molecule has 0 aromatic heterocycles. The smallest absolute Gasteiger partial charge is 0.312 e. The van der Waals surface area contributed by atoms with Crippen LogP contribution in [0.5, 0.6) is 5.75 Å². The van der Waals surface area contributed by atoms with E-state index in [4.69, 9.17) is 9.47 Å². The van der Waals surface area contributed by atoms with Crippen LogP contribution in [-0.4, -0.2) is 19.7 Å². The highest BCUT2D eigenvalue weighted by Crippen LogP contribution is 2.32. The summed E-state index contributed by atoms with van der Waals surface area (Å²) in [5.74, 6) is 0.959. The number of hydrogen-bond donors (Lipinski definition) is 0. The summed E-state index contributed by atoms with van der Waals surface area (Å²) < 4.78 is 10.6. The maximum atomic E-state index is 11.8. The Hall–Kier alpha value is -1.51. The molecule has 1 aliphatic carbocycles. The highest BCUT2D eigenvalue weighted by Gasteiger charge is 2.32. The summed E-state index contributed by atoms with van der Waals surface area (Å²) in [5, 5.41) is 0. The highest BCUT2D eigenvalue weighted by atomic mass is 16.5. The number of methoxy groups -OCH3 is 1. The lowest BCUT2D eigenvalue weighted by Crippen LogP contribution is -2.29. The van der Waals surface area contributed by atoms with Crippen LogP contribution in [0, 0.1) is 11.8 Å². The van der Waals surface area contributed by atoms with Gasteiger partial charge >= 0.3 is 5.97 Å². The first-order chi connectivity index (χ1) is 8.81. The van der Waals surface area contributed by atoms with Crippen molar-refractivity contribution in [3.05, 3.63) is 30.3 Å². The fourth-order valence-electron chi connectivity index (χ4n) is 2.61. The quantitative estimate of drug-likeness (QED) is 0.751. The van der Waals surface area contributed by atoms with E-state index in [1.165, 1.54) is 20.0 Å². The number of esters is 1. The van der Waals surface area contributed by atoms with Crippen molar-refractivity contribution in [1.29, 1.82) is 0 Å². The van der Waals surface area contributed by atoms with Gasteiger partial charge in [-0.1, -0.05) is 31.0 Å². The van der Waals surface area contributed by atoms with E-state index >= 15 is 0 Å². The first-order valence-electron chi connectivity index (χ1n) is 6.57. The Morgan fingerprint density at radius 1 is 1.28 bits per heavy atom. The number of carbonyl (C=O) groups is 1. The molecule has 0 heterocycles. The third-order valence-corrected chi connectivity index (χ3v) is 3.65. The fraction of sp³-hybridized carbons (Fsp3) is 0.533. The molecular formula is C15H20O3. The number of para-hydroxylation sites is 1. The first kappa shape index (κ1) is 12.9. The number of ether oxygens (including phenoxy) is 2. The topological polar surface area (TPSA) is 35.5 Å². The molecule has 1 aromatic carbocycles. The lowest BCUT2D eigenvalue weighted by atomic mass is 9.91. The van der Waals surface area contributed by atoms with E-state index in [0.29, 0.717) is 12.5 Å². The molecule has 98 valence electrons. The van der Waals surface area contributed by atoms with Crippen molar-refractivity contribution in [1.82, 2.24) is 0 Å². The zero-order valence-electron chi connectivity index (χ0n) is 10.8. The van der Waals surface area contributed by atoms with Crippen molar-refractivity contribution in [3.8, 4) is 5.75 Å². The summed E-state index contributed by atoms with van der Waals surface area (Å²) in [6, 6.07) is 9.61. The van der Waals surface area contributed by atoms with E-state index in [1.807, 2.05) is 30.3 Å². The second kappa shape index (κ2) is 6.43. The van der Waals surface area contributed by atoms with Crippen molar-refractivity contribution >= 4 is 5.97 Å². The Kier molecular flexibility index (Phi) is 4.62. The lowest BCUT2D eigenvalue weighted by Gasteiger charge is -2.21. The van der Waals surface area contributed by atoms with Gasteiger partial charge in [-0.3, -0.25) is 4.79 Å². The molecule has 1 fully saturated rings. The van der Waals surface area contributed by atoms with E-state index in [2.05, 4.69) is 0 Å². The Labute approximate surface area is 108 Å². The maximum absolute atomic E-state index is 11.8. The molecule has 2 rings (SSSR count). The van der Waals surface area contributed by atoms with Crippen LogP contribution >= 0.6 is 0 Å². The molecule has 1 aliphatic rings. The van der Waals surface area contributed by atoms with Gasteiger partial charge in [0.1, 0.15) is 12.4 Å². The van der Waals surface area contributed by atoms with Gasteiger partial charge < -0.3 is 9.47 Å². The van der Waals surface area contributed by atoms with Crippen molar-refractivity contribution in [2.45, 2.75) is 25.7 Å². The number of rotatable bonds is 5. The van der Waals surface area contributed by atoms with Crippen molar-refractivity contribution in [2.24, 2.45) is 11.8 Å². The molecule has 0 radical (unpaired) electrons. The summed E-state index contributed by atoms with van der Waals surface area (Å²) >= 11 is 0. The van der Waals surface area contributed by atoms with Crippen LogP contribution in [0.15, 0.2) is 30.3 Å². The van der Waals surface area contributed by atoms with Crippen LogP contribution in [-0.2, 0) is 9.53 Å². The molecule has 0 amide bonds. The molecule has 1 aromatic rings. The summed E-state index contributed by atoms with van der Waals surface area (Å²) in [5.41, 5.74) is 0. The third-order valence-electron chi connectivity index (χ3n) is 3.65. The van der Waals surface area contributed by atoms with Gasteiger partial charge in [0.15, 0.2) is 0 Å². The molecule has 3 nitrogen and oxygen atoms in total. The maximum Gasteiger partial charge on any atom is 0.312 e. The van der Waals surface area contributed by atoms with Gasteiger partial charge in [-0.15, -0.1) is 0 Å². The number of benzene rings is 1. The predicted octanol–water partition coefficient (Wildman–Crippen LogP) is 3.04. The van der Waals surface area contributed by atoms with Gasteiger partial charge in [0.25, 0.3) is 0 Å². The molecule has 0 N–H and O–H groups in total. The van der Waals surface area contributed by atoms with E-state index in [9.17, 15) is 4.79 Å². The van der Waals surface area contributed by atoms with Crippen molar-refractivity contribution in [2.75, 3.05) is 13.7 Å². The van der Waals surface area contributed by atoms with E-state index in [-0.39, 0.29) is 11.9 Å². The van der Waals surface area contributed by atoms with Gasteiger partial charge in [-0.25, -0.2) is 0 Å². The molecule has 1 atom stereocenters. The fourth-order valence-corrected chi connectivity index (χ4v) is 2.61. The second-order valence-corrected chi connectivity index (χ2v) is 4.80. The van der Waals surface area contributed by atoms with Gasteiger partial charge in [-0.05, 0) is 30.9 Å².